The minimum absolute atomic E-state index is 0.233. The van der Waals surface area contributed by atoms with Crippen LogP contribution in [-0.2, 0) is 17.9 Å². The number of benzene rings is 2. The molecular weight excluding hydrogens is 462 g/mol. The van der Waals surface area contributed by atoms with Crippen LogP contribution in [0, 0.1) is 13.8 Å². The van der Waals surface area contributed by atoms with Crippen molar-refractivity contribution in [3.8, 4) is 11.5 Å². The predicted molar refractivity (Wildman–Crippen MR) is 137 cm³/mol. The molecule has 2 amide bonds. The number of amides is 2. The molecule has 1 N–H and O–H groups in total. The normalized spacial score (nSPS) is 17.4. The zero-order chi connectivity index (χ0) is 24.7. The lowest BCUT2D eigenvalue weighted by Crippen LogP contribution is -2.64. The number of nitrogens with one attached hydrogen (secondary N) is 1. The summed E-state index contributed by atoms with van der Waals surface area (Å²) < 4.78 is 7.49. The van der Waals surface area contributed by atoms with Crippen LogP contribution < -0.4 is 10.2 Å². The van der Waals surface area contributed by atoms with Gasteiger partial charge in [-0.2, -0.15) is 0 Å². The van der Waals surface area contributed by atoms with Gasteiger partial charge < -0.3 is 14.3 Å². The van der Waals surface area contributed by atoms with Gasteiger partial charge in [-0.05, 0) is 86.0 Å². The van der Waals surface area contributed by atoms with E-state index in [-0.39, 0.29) is 18.4 Å². The lowest BCUT2D eigenvalue weighted by atomic mass is 9.93. The molecule has 0 saturated carbocycles. The Kier molecular flexibility index (Phi) is 5.77. The first-order chi connectivity index (χ1) is 16.8. The maximum absolute atomic E-state index is 13.9. The molecule has 7 heteroatoms. The Labute approximate surface area is 209 Å². The monoisotopic (exact) mass is 487 g/mol. The molecule has 0 unspecified atom stereocenters. The van der Waals surface area contributed by atoms with Crippen molar-refractivity contribution in [2.24, 2.45) is 0 Å². The number of carbonyl (C=O) groups is 2. The summed E-state index contributed by atoms with van der Waals surface area (Å²) in [5.74, 6) is 0.167. The Morgan fingerprint density at radius 2 is 1.71 bits per heavy atom. The minimum Gasteiger partial charge on any atom is -0.463 e. The molecular formula is C28H26ClN3O3. The number of hydrogen-bond acceptors (Lipinski definition) is 3. The van der Waals surface area contributed by atoms with Crippen molar-refractivity contribution >= 4 is 29.1 Å². The summed E-state index contributed by atoms with van der Waals surface area (Å²) in [6.45, 7) is 6.39. The molecule has 4 aromatic rings. The average molecular weight is 488 g/mol. The van der Waals surface area contributed by atoms with E-state index < -0.39 is 5.54 Å². The maximum atomic E-state index is 13.9. The summed E-state index contributed by atoms with van der Waals surface area (Å²) >= 11 is 6.00. The molecule has 1 atom stereocenters. The van der Waals surface area contributed by atoms with Gasteiger partial charge in [-0.1, -0.05) is 29.8 Å². The summed E-state index contributed by atoms with van der Waals surface area (Å²) in [5.41, 5.74) is 3.75. The van der Waals surface area contributed by atoms with Crippen molar-refractivity contribution in [1.29, 1.82) is 0 Å². The molecule has 0 fully saturated rings. The molecule has 0 spiro atoms. The quantitative estimate of drug-likeness (QED) is 0.389. The van der Waals surface area contributed by atoms with Gasteiger partial charge >= 0.3 is 0 Å². The van der Waals surface area contributed by atoms with Gasteiger partial charge in [0.1, 0.15) is 17.0 Å². The number of fused-ring (bicyclic) bond motifs is 1. The second-order valence-electron chi connectivity index (χ2n) is 9.24. The lowest BCUT2D eigenvalue weighted by molar-refractivity contribution is -0.126. The number of aryl methyl sites for hydroxylation is 2. The lowest BCUT2D eigenvalue weighted by Gasteiger charge is -2.44. The zero-order valence-corrected chi connectivity index (χ0v) is 20.6. The van der Waals surface area contributed by atoms with Gasteiger partial charge in [0.05, 0.1) is 18.5 Å². The Morgan fingerprint density at radius 3 is 2.37 bits per heavy atom. The van der Waals surface area contributed by atoms with Crippen LogP contribution in [0.25, 0.3) is 11.5 Å². The van der Waals surface area contributed by atoms with Crippen molar-refractivity contribution < 1.29 is 14.0 Å². The predicted octanol–water partition coefficient (Wildman–Crippen LogP) is 5.75. The van der Waals surface area contributed by atoms with Gasteiger partial charge in [0.25, 0.3) is 5.91 Å². The van der Waals surface area contributed by atoms with Gasteiger partial charge in [-0.15, -0.1) is 0 Å². The van der Waals surface area contributed by atoms with Crippen LogP contribution in [0.4, 0.5) is 5.69 Å². The van der Waals surface area contributed by atoms with Crippen molar-refractivity contribution in [2.75, 3.05) is 4.90 Å². The number of halogens is 1. The molecule has 6 nitrogen and oxygen atoms in total. The third kappa shape index (κ3) is 4.15. The van der Waals surface area contributed by atoms with Crippen molar-refractivity contribution in [3.05, 3.63) is 100 Å². The summed E-state index contributed by atoms with van der Waals surface area (Å²) in [6.07, 6.45) is 1.60. The number of aromatic nitrogens is 1. The first-order valence-corrected chi connectivity index (χ1v) is 11.8. The highest BCUT2D eigenvalue weighted by molar-refractivity contribution is 6.30. The highest BCUT2D eigenvalue weighted by Crippen LogP contribution is 2.37. The van der Waals surface area contributed by atoms with Crippen LogP contribution in [0.1, 0.15) is 34.1 Å². The molecule has 0 bridgehead atoms. The fraction of sp³-hybridized carbons (Fsp3) is 0.214. The first kappa shape index (κ1) is 23.0. The number of hydrogen-bond donors (Lipinski definition) is 1. The van der Waals surface area contributed by atoms with Gasteiger partial charge in [-0.25, -0.2) is 0 Å². The van der Waals surface area contributed by atoms with Crippen LogP contribution in [0.2, 0.25) is 5.02 Å². The molecule has 1 aliphatic heterocycles. The largest absolute Gasteiger partial charge is 0.463 e. The standard InChI is InChI=1S/C28H26ClN3O3/c1-18-13-19(2)15-22(14-18)32-26(33)24-11-10-23(25-5-4-12-35-25)31(24)17-28(32,3)27(34)30-16-20-6-8-21(29)9-7-20/h4-15H,16-17H2,1-3H3,(H,30,34)/t28-/m0/s1. The highest BCUT2D eigenvalue weighted by Gasteiger charge is 2.48. The summed E-state index contributed by atoms with van der Waals surface area (Å²) in [4.78, 5) is 29.4. The van der Waals surface area contributed by atoms with E-state index in [1.54, 1.807) is 35.4 Å². The SMILES string of the molecule is Cc1cc(C)cc(N2C(=O)c3ccc(-c4ccco4)n3C[C@@]2(C)C(=O)NCc2ccc(Cl)cc2)c1. The van der Waals surface area contributed by atoms with Crippen LogP contribution in [0.15, 0.2) is 77.4 Å². The molecule has 0 aliphatic carbocycles. The van der Waals surface area contributed by atoms with E-state index >= 15 is 0 Å². The van der Waals surface area contributed by atoms with Crippen LogP contribution in [0.5, 0.6) is 0 Å². The van der Waals surface area contributed by atoms with Crippen molar-refractivity contribution in [3.63, 3.8) is 0 Å². The third-order valence-corrected chi connectivity index (χ3v) is 6.71. The summed E-state index contributed by atoms with van der Waals surface area (Å²) in [5, 5.41) is 3.68. The van der Waals surface area contributed by atoms with E-state index in [0.29, 0.717) is 28.7 Å². The summed E-state index contributed by atoms with van der Waals surface area (Å²) in [6, 6.07) is 20.6. The third-order valence-electron chi connectivity index (χ3n) is 6.46. The Hall–Kier alpha value is -3.77. The highest BCUT2D eigenvalue weighted by atomic mass is 35.5. The summed E-state index contributed by atoms with van der Waals surface area (Å²) in [7, 11) is 0. The molecule has 2 aromatic heterocycles. The molecule has 0 radical (unpaired) electrons. The van der Waals surface area contributed by atoms with Crippen molar-refractivity contribution in [2.45, 2.75) is 39.4 Å². The molecule has 5 rings (SSSR count). The van der Waals surface area contributed by atoms with E-state index in [0.717, 1.165) is 22.4 Å². The molecule has 1 aliphatic rings. The van der Waals surface area contributed by atoms with Gasteiger partial charge in [-0.3, -0.25) is 14.5 Å². The number of anilines is 1. The van der Waals surface area contributed by atoms with Gasteiger partial charge in [0.2, 0.25) is 5.91 Å². The minimum atomic E-state index is -1.18. The van der Waals surface area contributed by atoms with E-state index in [4.69, 9.17) is 16.0 Å². The number of furan rings is 1. The smallest absolute Gasteiger partial charge is 0.275 e. The molecule has 35 heavy (non-hydrogen) atoms. The Balaban J connectivity index is 1.57. The second kappa shape index (κ2) is 8.78. The Bertz CT molecular complexity index is 1390. The van der Waals surface area contributed by atoms with Gasteiger partial charge in [0, 0.05) is 17.3 Å². The first-order valence-electron chi connectivity index (χ1n) is 11.5. The van der Waals surface area contributed by atoms with E-state index in [1.807, 2.05) is 67.8 Å². The average Bonchev–Trinajstić information content (AvgIpc) is 3.47. The van der Waals surface area contributed by atoms with Crippen molar-refractivity contribution in [1.82, 2.24) is 9.88 Å². The van der Waals surface area contributed by atoms with Gasteiger partial charge in [0.15, 0.2) is 0 Å². The van der Waals surface area contributed by atoms with E-state index in [9.17, 15) is 9.59 Å². The zero-order valence-electron chi connectivity index (χ0n) is 19.8. The van der Waals surface area contributed by atoms with Crippen LogP contribution in [0.3, 0.4) is 0 Å². The molecule has 0 saturated heterocycles. The molecule has 178 valence electrons. The van der Waals surface area contributed by atoms with E-state index in [1.165, 1.54) is 0 Å². The number of rotatable bonds is 5. The number of carbonyl (C=O) groups excluding carboxylic acids is 2. The second-order valence-corrected chi connectivity index (χ2v) is 9.67. The van der Waals surface area contributed by atoms with E-state index in [2.05, 4.69) is 5.32 Å². The van der Waals surface area contributed by atoms with Crippen LogP contribution >= 0.6 is 11.6 Å². The fourth-order valence-electron chi connectivity index (χ4n) is 4.81. The topological polar surface area (TPSA) is 67.5 Å². The number of nitrogens with zero attached hydrogens (tertiary/aromatic N) is 2. The molecule has 3 heterocycles. The Morgan fingerprint density at radius 1 is 1.03 bits per heavy atom. The molecule has 2 aromatic carbocycles. The van der Waals surface area contributed by atoms with Crippen LogP contribution in [-0.4, -0.2) is 21.9 Å². The fourth-order valence-corrected chi connectivity index (χ4v) is 4.94. The maximum Gasteiger partial charge on any atom is 0.275 e.